The summed E-state index contributed by atoms with van der Waals surface area (Å²) in [5, 5.41) is 0. The summed E-state index contributed by atoms with van der Waals surface area (Å²) >= 11 is 0. The van der Waals surface area contributed by atoms with Gasteiger partial charge in [-0.3, -0.25) is 0 Å². The largest absolute Gasteiger partial charge is 0.235 e. The van der Waals surface area contributed by atoms with Crippen molar-refractivity contribution in [3.63, 3.8) is 0 Å². The van der Waals surface area contributed by atoms with Crippen molar-refractivity contribution in [1.29, 1.82) is 0 Å². The van der Waals surface area contributed by atoms with Crippen molar-refractivity contribution in [2.24, 2.45) is 0 Å². The number of hydrogen-bond acceptors (Lipinski definition) is 0. The lowest BCUT2D eigenvalue weighted by Crippen LogP contribution is -1.98. The molecule has 0 aromatic heterocycles. The second-order valence-electron chi connectivity index (χ2n) is 1.52. The predicted octanol–water partition coefficient (Wildman–Crippen LogP) is 0.269. The highest BCUT2D eigenvalue weighted by atomic mass is 15.0. The molecule has 0 N–H and O–H groups in total. The van der Waals surface area contributed by atoms with Crippen molar-refractivity contribution in [2.75, 3.05) is 13.6 Å². The average molecular weight is 82.1 g/mol. The molecule has 0 aromatic rings. The van der Waals surface area contributed by atoms with Crippen LogP contribution in [0, 0.1) is 0 Å². The molecule has 1 rings (SSSR count). The SMILES string of the molecule is C[N+]1=CC=CC1. The first kappa shape index (κ1) is 3.59. The van der Waals surface area contributed by atoms with Gasteiger partial charge in [0, 0.05) is 6.08 Å². The van der Waals surface area contributed by atoms with Crippen LogP contribution in [0.3, 0.4) is 0 Å². The zero-order chi connectivity index (χ0) is 4.41. The summed E-state index contributed by atoms with van der Waals surface area (Å²) in [5.74, 6) is 0. The van der Waals surface area contributed by atoms with Crippen LogP contribution in [0.25, 0.3) is 0 Å². The maximum absolute atomic E-state index is 2.12. The van der Waals surface area contributed by atoms with Crippen LogP contribution in [-0.4, -0.2) is 24.4 Å². The van der Waals surface area contributed by atoms with Gasteiger partial charge in [-0.2, -0.15) is 0 Å². The highest BCUT2D eigenvalue weighted by Gasteiger charge is 1.92. The van der Waals surface area contributed by atoms with E-state index in [2.05, 4.69) is 30.0 Å². The molecule has 1 heteroatoms. The van der Waals surface area contributed by atoms with Gasteiger partial charge in [-0.1, -0.05) is 0 Å². The van der Waals surface area contributed by atoms with Gasteiger partial charge in [0.05, 0.1) is 0 Å². The van der Waals surface area contributed by atoms with Crippen LogP contribution in [-0.2, 0) is 0 Å². The monoisotopic (exact) mass is 82.1 g/mol. The molecule has 0 aromatic carbocycles. The Bertz CT molecular complexity index is 101. The quantitative estimate of drug-likeness (QED) is 0.369. The molecule has 0 spiro atoms. The van der Waals surface area contributed by atoms with Crippen LogP contribution >= 0.6 is 0 Å². The third kappa shape index (κ3) is 0.482. The van der Waals surface area contributed by atoms with Crippen molar-refractivity contribution in [3.05, 3.63) is 12.2 Å². The van der Waals surface area contributed by atoms with Crippen LogP contribution in [0.1, 0.15) is 0 Å². The average Bonchev–Trinajstić information content (AvgIpc) is 1.86. The molecule has 1 aliphatic heterocycles. The maximum atomic E-state index is 2.12. The Kier molecular flexibility index (Phi) is 0.748. The molecule has 0 amide bonds. The Morgan fingerprint density at radius 2 is 2.50 bits per heavy atom. The van der Waals surface area contributed by atoms with E-state index in [1.165, 1.54) is 0 Å². The number of rotatable bonds is 0. The molecule has 0 fully saturated rings. The first-order chi connectivity index (χ1) is 2.89. The fraction of sp³-hybridized carbons (Fsp3) is 0.400. The zero-order valence-corrected chi connectivity index (χ0v) is 3.89. The Morgan fingerprint density at radius 3 is 2.67 bits per heavy atom. The molecule has 0 atom stereocenters. The van der Waals surface area contributed by atoms with Crippen LogP contribution in [0.4, 0.5) is 0 Å². The van der Waals surface area contributed by atoms with E-state index in [4.69, 9.17) is 0 Å². The third-order valence-corrected chi connectivity index (χ3v) is 0.870. The molecular weight excluding hydrogens is 74.1 g/mol. The Balaban J connectivity index is 2.61. The molecule has 1 nitrogen and oxygen atoms in total. The van der Waals surface area contributed by atoms with Crippen LogP contribution in [0.2, 0.25) is 0 Å². The summed E-state index contributed by atoms with van der Waals surface area (Å²) in [4.78, 5) is 0. The van der Waals surface area contributed by atoms with Crippen molar-refractivity contribution in [3.8, 4) is 0 Å². The molecule has 0 saturated carbocycles. The minimum Gasteiger partial charge on any atom is -0.235 e. The number of nitrogens with zero attached hydrogens (tertiary/aromatic N) is 1. The van der Waals surface area contributed by atoms with Gasteiger partial charge in [-0.05, 0) is 6.08 Å². The molecule has 0 aliphatic carbocycles. The fourth-order valence-electron chi connectivity index (χ4n) is 0.496. The van der Waals surface area contributed by atoms with Crippen LogP contribution < -0.4 is 0 Å². The van der Waals surface area contributed by atoms with E-state index in [1.807, 2.05) is 0 Å². The van der Waals surface area contributed by atoms with Gasteiger partial charge < -0.3 is 0 Å². The van der Waals surface area contributed by atoms with E-state index in [1.54, 1.807) is 0 Å². The van der Waals surface area contributed by atoms with E-state index in [-0.39, 0.29) is 0 Å². The van der Waals surface area contributed by atoms with Gasteiger partial charge in [-0.25, -0.2) is 4.58 Å². The molecule has 1 aliphatic rings. The van der Waals surface area contributed by atoms with E-state index < -0.39 is 0 Å². The lowest BCUT2D eigenvalue weighted by Gasteiger charge is -1.76. The molecule has 0 radical (unpaired) electrons. The summed E-state index contributed by atoms with van der Waals surface area (Å²) in [6.07, 6.45) is 6.24. The second-order valence-corrected chi connectivity index (χ2v) is 1.52. The van der Waals surface area contributed by atoms with Crippen LogP contribution in [0.5, 0.6) is 0 Å². The normalized spacial score (nSPS) is 18.5. The minimum atomic E-state index is 1.08. The summed E-state index contributed by atoms with van der Waals surface area (Å²) in [6, 6.07) is 0. The van der Waals surface area contributed by atoms with E-state index >= 15 is 0 Å². The number of likely N-dealkylation sites (N-methyl/N-ethyl adjacent to an activating group) is 1. The first-order valence-electron chi connectivity index (χ1n) is 2.10. The summed E-state index contributed by atoms with van der Waals surface area (Å²) in [5.41, 5.74) is 0. The van der Waals surface area contributed by atoms with Crippen molar-refractivity contribution in [1.82, 2.24) is 0 Å². The first-order valence-corrected chi connectivity index (χ1v) is 2.10. The summed E-state index contributed by atoms with van der Waals surface area (Å²) in [7, 11) is 2.06. The van der Waals surface area contributed by atoms with Gasteiger partial charge in [0.2, 0.25) is 0 Å². The van der Waals surface area contributed by atoms with Gasteiger partial charge in [0.25, 0.3) is 0 Å². The minimum absolute atomic E-state index is 1.08. The molecule has 32 valence electrons. The van der Waals surface area contributed by atoms with Crippen molar-refractivity contribution in [2.45, 2.75) is 0 Å². The van der Waals surface area contributed by atoms with Gasteiger partial charge in [-0.15, -0.1) is 0 Å². The highest BCUT2D eigenvalue weighted by Crippen LogP contribution is 1.78. The van der Waals surface area contributed by atoms with Crippen molar-refractivity contribution < 1.29 is 4.58 Å². The Labute approximate surface area is 37.6 Å². The topological polar surface area (TPSA) is 3.01 Å². The Hall–Kier alpha value is -0.590. The zero-order valence-electron chi connectivity index (χ0n) is 3.89. The lowest BCUT2D eigenvalue weighted by molar-refractivity contribution is -0.477. The van der Waals surface area contributed by atoms with Gasteiger partial charge >= 0.3 is 0 Å². The molecule has 6 heavy (non-hydrogen) atoms. The van der Waals surface area contributed by atoms with Crippen LogP contribution in [0.15, 0.2) is 12.2 Å². The van der Waals surface area contributed by atoms with Gasteiger partial charge in [0.1, 0.15) is 7.05 Å². The highest BCUT2D eigenvalue weighted by molar-refractivity contribution is 5.67. The summed E-state index contributed by atoms with van der Waals surface area (Å²) < 4.78 is 2.12. The third-order valence-electron chi connectivity index (χ3n) is 0.870. The standard InChI is InChI=1S/C5H8N/c1-6-4-2-3-5-6/h2-4H,5H2,1H3/q+1. The summed E-state index contributed by atoms with van der Waals surface area (Å²) in [6.45, 7) is 1.08. The molecular formula is C5H8N+. The number of hydrogen-bond donors (Lipinski definition) is 0. The van der Waals surface area contributed by atoms with Gasteiger partial charge in [0.15, 0.2) is 12.8 Å². The predicted molar refractivity (Wildman–Crippen MR) is 26.3 cm³/mol. The molecule has 1 heterocycles. The Morgan fingerprint density at radius 1 is 1.67 bits per heavy atom. The smallest absolute Gasteiger partial charge is 0.163 e. The molecule has 0 unspecified atom stereocenters. The van der Waals surface area contributed by atoms with E-state index in [0.717, 1.165) is 6.54 Å². The molecule has 0 bridgehead atoms. The number of allylic oxidation sites excluding steroid dienone is 1. The second kappa shape index (κ2) is 1.25. The van der Waals surface area contributed by atoms with Crippen molar-refractivity contribution >= 4 is 6.21 Å². The van der Waals surface area contributed by atoms with E-state index in [9.17, 15) is 0 Å². The fourth-order valence-corrected chi connectivity index (χ4v) is 0.496. The molecule has 0 saturated heterocycles. The lowest BCUT2D eigenvalue weighted by atomic mass is 10.6. The van der Waals surface area contributed by atoms with E-state index in [0.29, 0.717) is 0 Å². The maximum Gasteiger partial charge on any atom is 0.163 e.